The summed E-state index contributed by atoms with van der Waals surface area (Å²) in [5.74, 6) is 0.672. The SMILES string of the molecule is CCCN1CCC(Cn2cnc(C)c2Cn2cc(C(=O)N(C)CCOC)c(-c3cccc4ccccc34)c2)CC1. The molecule has 5 rings (SSSR count). The number of amides is 1. The van der Waals surface area contributed by atoms with Gasteiger partial charge in [-0.05, 0) is 68.1 Å². The third-order valence-electron chi connectivity index (χ3n) is 8.36. The number of rotatable bonds is 11. The van der Waals surface area contributed by atoms with Crippen LogP contribution in [0.15, 0.2) is 61.2 Å². The number of fused-ring (bicyclic) bond motifs is 1. The second kappa shape index (κ2) is 12.8. The van der Waals surface area contributed by atoms with Gasteiger partial charge in [0.15, 0.2) is 0 Å². The molecule has 40 heavy (non-hydrogen) atoms. The fourth-order valence-corrected chi connectivity index (χ4v) is 6.01. The van der Waals surface area contributed by atoms with Crippen molar-refractivity contribution in [2.45, 2.75) is 46.2 Å². The Bertz CT molecular complexity index is 1420. The molecule has 0 unspecified atom stereocenters. The molecule has 1 saturated heterocycles. The molecule has 1 amide bonds. The van der Waals surface area contributed by atoms with E-state index in [0.29, 0.717) is 31.2 Å². The van der Waals surface area contributed by atoms with E-state index in [2.05, 4.69) is 76.5 Å². The maximum Gasteiger partial charge on any atom is 0.255 e. The molecule has 2 aromatic carbocycles. The fourth-order valence-electron chi connectivity index (χ4n) is 6.01. The van der Waals surface area contributed by atoms with Crippen molar-refractivity contribution in [3.8, 4) is 11.1 Å². The van der Waals surface area contributed by atoms with Crippen LogP contribution in [0.5, 0.6) is 0 Å². The minimum absolute atomic E-state index is 0.00260. The van der Waals surface area contributed by atoms with Gasteiger partial charge in [-0.25, -0.2) is 4.98 Å². The van der Waals surface area contributed by atoms with Gasteiger partial charge in [-0.15, -0.1) is 0 Å². The number of likely N-dealkylation sites (tertiary alicyclic amines) is 1. The zero-order valence-electron chi connectivity index (χ0n) is 24.5. The molecular weight excluding hydrogens is 498 g/mol. The molecule has 0 spiro atoms. The van der Waals surface area contributed by atoms with Crippen LogP contribution in [0.2, 0.25) is 0 Å². The number of aromatic nitrogens is 3. The molecule has 1 aliphatic rings. The summed E-state index contributed by atoms with van der Waals surface area (Å²) in [6.45, 7) is 10.7. The first-order valence-corrected chi connectivity index (χ1v) is 14.6. The summed E-state index contributed by atoms with van der Waals surface area (Å²) in [6, 6.07) is 14.7. The normalized spacial score (nSPS) is 14.7. The minimum atomic E-state index is 0.00260. The van der Waals surface area contributed by atoms with Crippen LogP contribution < -0.4 is 0 Å². The van der Waals surface area contributed by atoms with Gasteiger partial charge < -0.3 is 23.7 Å². The standard InChI is InChI=1S/C33H43N5O2/c1-5-15-36-16-13-26(14-17-36)20-38-24-34-25(2)32(38)23-37-21-30(31(22-37)33(39)35(3)18-19-40-4)29-12-8-10-27-9-6-7-11-28(27)29/h6-12,21-22,24,26H,5,13-20,23H2,1-4H3. The molecule has 3 heterocycles. The van der Waals surface area contributed by atoms with Gasteiger partial charge in [-0.1, -0.05) is 49.4 Å². The second-order valence-corrected chi connectivity index (χ2v) is 11.2. The Morgan fingerprint density at radius 2 is 1.85 bits per heavy atom. The maximum absolute atomic E-state index is 13.7. The number of likely N-dealkylation sites (N-methyl/N-ethyl adjacent to an activating group) is 1. The summed E-state index contributed by atoms with van der Waals surface area (Å²) in [6.07, 6.45) is 9.85. The Morgan fingerprint density at radius 1 is 1.07 bits per heavy atom. The second-order valence-electron chi connectivity index (χ2n) is 11.2. The molecule has 1 fully saturated rings. The van der Waals surface area contributed by atoms with Crippen LogP contribution >= 0.6 is 0 Å². The van der Waals surface area contributed by atoms with Gasteiger partial charge in [0.1, 0.15) is 0 Å². The van der Waals surface area contributed by atoms with Gasteiger partial charge in [-0.3, -0.25) is 4.79 Å². The monoisotopic (exact) mass is 541 g/mol. The van der Waals surface area contributed by atoms with E-state index in [1.165, 1.54) is 44.6 Å². The van der Waals surface area contributed by atoms with Crippen LogP contribution in [-0.2, 0) is 17.8 Å². The first-order chi connectivity index (χ1) is 19.5. The van der Waals surface area contributed by atoms with Crippen LogP contribution in [0.25, 0.3) is 21.9 Å². The molecule has 0 radical (unpaired) electrons. The number of methoxy groups -OCH3 is 1. The van der Waals surface area contributed by atoms with E-state index in [1.54, 1.807) is 12.0 Å². The van der Waals surface area contributed by atoms with E-state index in [0.717, 1.165) is 34.1 Å². The maximum atomic E-state index is 13.7. The summed E-state index contributed by atoms with van der Waals surface area (Å²) < 4.78 is 9.75. The molecule has 7 nitrogen and oxygen atoms in total. The Kier molecular flexibility index (Phi) is 9.02. The molecule has 2 aromatic heterocycles. The van der Waals surface area contributed by atoms with Crippen LogP contribution in [-0.4, -0.2) is 76.8 Å². The van der Waals surface area contributed by atoms with E-state index in [9.17, 15) is 4.79 Å². The molecule has 7 heteroatoms. The molecule has 0 saturated carbocycles. The van der Waals surface area contributed by atoms with Crippen molar-refractivity contribution in [2.24, 2.45) is 5.92 Å². The van der Waals surface area contributed by atoms with Crippen LogP contribution in [0.4, 0.5) is 0 Å². The van der Waals surface area contributed by atoms with E-state index < -0.39 is 0 Å². The summed E-state index contributed by atoms with van der Waals surface area (Å²) in [4.78, 5) is 22.7. The molecule has 1 aliphatic heterocycles. The van der Waals surface area contributed by atoms with Crippen molar-refractivity contribution >= 4 is 16.7 Å². The number of carbonyl (C=O) groups excluding carboxylic acids is 1. The smallest absolute Gasteiger partial charge is 0.255 e. The van der Waals surface area contributed by atoms with Gasteiger partial charge in [0.05, 0.1) is 36.4 Å². The highest BCUT2D eigenvalue weighted by molar-refractivity contribution is 6.05. The summed E-state index contributed by atoms with van der Waals surface area (Å²) >= 11 is 0. The van der Waals surface area contributed by atoms with Gasteiger partial charge in [-0.2, -0.15) is 0 Å². The van der Waals surface area contributed by atoms with Crippen molar-refractivity contribution in [3.63, 3.8) is 0 Å². The topological polar surface area (TPSA) is 55.5 Å². The number of carbonyl (C=O) groups is 1. The van der Waals surface area contributed by atoms with Crippen LogP contribution in [0.3, 0.4) is 0 Å². The Balaban J connectivity index is 1.45. The number of hydrogen-bond donors (Lipinski definition) is 0. The Hall–Kier alpha value is -3.42. The van der Waals surface area contributed by atoms with Crippen molar-refractivity contribution in [2.75, 3.05) is 46.9 Å². The predicted octanol–water partition coefficient (Wildman–Crippen LogP) is 5.70. The lowest BCUT2D eigenvalue weighted by Gasteiger charge is -2.32. The lowest BCUT2D eigenvalue weighted by Crippen LogP contribution is -2.35. The lowest BCUT2D eigenvalue weighted by atomic mass is 9.96. The number of piperidine rings is 1. The highest BCUT2D eigenvalue weighted by atomic mass is 16.5. The number of nitrogens with zero attached hydrogens (tertiary/aromatic N) is 5. The highest BCUT2D eigenvalue weighted by Gasteiger charge is 2.23. The van der Waals surface area contributed by atoms with E-state index >= 15 is 0 Å². The predicted molar refractivity (Wildman–Crippen MR) is 162 cm³/mol. The summed E-state index contributed by atoms with van der Waals surface area (Å²) in [5, 5.41) is 2.31. The van der Waals surface area contributed by atoms with Crippen molar-refractivity contribution < 1.29 is 9.53 Å². The lowest BCUT2D eigenvalue weighted by molar-refractivity contribution is 0.0745. The van der Waals surface area contributed by atoms with E-state index in [4.69, 9.17) is 9.72 Å². The van der Waals surface area contributed by atoms with Crippen molar-refractivity contribution in [3.05, 3.63) is 78.1 Å². The third kappa shape index (κ3) is 6.16. The molecule has 0 aliphatic carbocycles. The first kappa shape index (κ1) is 28.1. The molecule has 0 bridgehead atoms. The molecule has 0 N–H and O–H groups in total. The van der Waals surface area contributed by atoms with Crippen LogP contribution in [0.1, 0.15) is 47.9 Å². The van der Waals surface area contributed by atoms with Gasteiger partial charge in [0, 0.05) is 45.2 Å². The zero-order chi connectivity index (χ0) is 28.1. The minimum Gasteiger partial charge on any atom is -0.383 e. The van der Waals surface area contributed by atoms with Gasteiger partial charge in [0.25, 0.3) is 5.91 Å². The number of aryl methyl sites for hydroxylation is 1. The third-order valence-corrected chi connectivity index (χ3v) is 8.36. The van der Waals surface area contributed by atoms with E-state index in [-0.39, 0.29) is 5.91 Å². The van der Waals surface area contributed by atoms with Gasteiger partial charge in [0.2, 0.25) is 0 Å². The van der Waals surface area contributed by atoms with Gasteiger partial charge >= 0.3 is 0 Å². The quantitative estimate of drug-likeness (QED) is 0.244. The molecule has 4 aromatic rings. The molecular formula is C33H43N5O2. The largest absolute Gasteiger partial charge is 0.383 e. The molecule has 212 valence electrons. The van der Waals surface area contributed by atoms with Crippen molar-refractivity contribution in [1.82, 2.24) is 23.9 Å². The summed E-state index contributed by atoms with van der Waals surface area (Å²) in [7, 11) is 3.51. The number of ether oxygens (including phenoxy) is 1. The fraction of sp³-hybridized carbons (Fsp3) is 0.455. The average molecular weight is 542 g/mol. The average Bonchev–Trinajstić information content (AvgIpc) is 3.55. The number of imidazole rings is 1. The number of hydrogen-bond acceptors (Lipinski definition) is 4. The zero-order valence-corrected chi connectivity index (χ0v) is 24.5. The number of benzene rings is 2. The van der Waals surface area contributed by atoms with Crippen LogP contribution in [0, 0.1) is 12.8 Å². The van der Waals surface area contributed by atoms with Crippen molar-refractivity contribution in [1.29, 1.82) is 0 Å². The van der Waals surface area contributed by atoms with E-state index in [1.807, 2.05) is 19.6 Å². The summed E-state index contributed by atoms with van der Waals surface area (Å²) in [5.41, 5.74) is 5.00. The first-order valence-electron chi connectivity index (χ1n) is 14.6. The Labute approximate surface area is 238 Å². The highest BCUT2D eigenvalue weighted by Crippen LogP contribution is 2.33. The Morgan fingerprint density at radius 3 is 2.62 bits per heavy atom. The molecule has 0 atom stereocenters.